The number of rotatable bonds is 9. The summed E-state index contributed by atoms with van der Waals surface area (Å²) in [4.78, 5) is 36.9. The maximum absolute atomic E-state index is 12.8. The fourth-order valence-electron chi connectivity index (χ4n) is 4.76. The van der Waals surface area contributed by atoms with Crippen molar-refractivity contribution in [1.29, 1.82) is 0 Å². The van der Waals surface area contributed by atoms with Crippen molar-refractivity contribution in [2.75, 3.05) is 5.32 Å². The number of ketones is 1. The lowest BCUT2D eigenvalue weighted by Gasteiger charge is -2.14. The fraction of sp³-hybridized carbons (Fsp3) is 0.300. The Hall–Kier alpha value is -3.73. The molecule has 1 saturated carbocycles. The number of carboxylic acid groups (broad SMARTS) is 1. The van der Waals surface area contributed by atoms with E-state index in [0.29, 0.717) is 29.7 Å². The van der Waals surface area contributed by atoms with Crippen molar-refractivity contribution in [3.05, 3.63) is 89.5 Å². The normalized spacial score (nSPS) is 17.2. The highest BCUT2D eigenvalue weighted by atomic mass is 16.4. The summed E-state index contributed by atoms with van der Waals surface area (Å²) in [6.45, 7) is 2.16. The summed E-state index contributed by atoms with van der Waals surface area (Å²) in [6.07, 6.45) is 5.29. The van der Waals surface area contributed by atoms with Crippen LogP contribution in [0.4, 0.5) is 5.69 Å². The highest BCUT2D eigenvalue weighted by molar-refractivity contribution is 6.04. The van der Waals surface area contributed by atoms with E-state index in [1.54, 1.807) is 12.1 Å². The smallest absolute Gasteiger partial charge is 0.307 e. The molecule has 0 spiro atoms. The molecule has 0 saturated heterocycles. The number of hydrogen-bond donors (Lipinski definition) is 2. The summed E-state index contributed by atoms with van der Waals surface area (Å²) in [5.74, 6) is -2.13. The molecule has 35 heavy (non-hydrogen) atoms. The molecule has 0 aliphatic heterocycles. The maximum atomic E-state index is 12.8. The lowest BCUT2D eigenvalue weighted by atomic mass is 9.88. The fourth-order valence-corrected chi connectivity index (χ4v) is 4.76. The third kappa shape index (κ3) is 5.86. The number of anilines is 1. The van der Waals surface area contributed by atoms with Crippen LogP contribution in [0.15, 0.2) is 72.8 Å². The number of aryl methyl sites for hydroxylation is 1. The second kappa shape index (κ2) is 11.1. The Bertz CT molecular complexity index is 1180. The zero-order valence-electron chi connectivity index (χ0n) is 20.0. The Kier molecular flexibility index (Phi) is 7.76. The van der Waals surface area contributed by atoms with Crippen molar-refractivity contribution in [2.24, 2.45) is 11.8 Å². The Morgan fingerprint density at radius 1 is 0.800 bits per heavy atom. The van der Waals surface area contributed by atoms with Gasteiger partial charge in [0.05, 0.1) is 5.92 Å². The number of amides is 1. The number of carbonyl (C=O) groups excluding carboxylic acids is 2. The van der Waals surface area contributed by atoms with Gasteiger partial charge in [-0.15, -0.1) is 0 Å². The Morgan fingerprint density at radius 3 is 1.97 bits per heavy atom. The van der Waals surface area contributed by atoms with E-state index in [1.807, 2.05) is 60.7 Å². The largest absolute Gasteiger partial charge is 0.481 e. The molecular weight excluding hydrogens is 438 g/mol. The van der Waals surface area contributed by atoms with Gasteiger partial charge in [-0.1, -0.05) is 68.3 Å². The predicted octanol–water partition coefficient (Wildman–Crippen LogP) is 6.63. The molecule has 3 aromatic rings. The van der Waals surface area contributed by atoms with Crippen LogP contribution in [0, 0.1) is 11.8 Å². The summed E-state index contributed by atoms with van der Waals surface area (Å²) in [7, 11) is 0. The lowest BCUT2D eigenvalue weighted by molar-refractivity contribution is -0.142. The van der Waals surface area contributed by atoms with Gasteiger partial charge in [0.2, 0.25) is 0 Å². The molecule has 1 amide bonds. The maximum Gasteiger partial charge on any atom is 0.307 e. The zero-order valence-corrected chi connectivity index (χ0v) is 20.0. The van der Waals surface area contributed by atoms with Crippen LogP contribution in [0.25, 0.3) is 11.1 Å². The number of nitrogens with one attached hydrogen (secondary N) is 1. The van der Waals surface area contributed by atoms with Crippen LogP contribution in [0.5, 0.6) is 0 Å². The average molecular weight is 470 g/mol. The number of carboxylic acids is 1. The summed E-state index contributed by atoms with van der Waals surface area (Å²) >= 11 is 0. The minimum atomic E-state index is -0.881. The van der Waals surface area contributed by atoms with Crippen LogP contribution < -0.4 is 5.32 Å². The van der Waals surface area contributed by atoms with E-state index in [2.05, 4.69) is 12.2 Å². The molecule has 1 aliphatic carbocycles. The molecule has 1 fully saturated rings. The van der Waals surface area contributed by atoms with E-state index >= 15 is 0 Å². The molecular formula is C30H31NO4. The third-order valence-electron chi connectivity index (χ3n) is 6.85. The quantitative estimate of drug-likeness (QED) is 0.345. The van der Waals surface area contributed by atoms with Crippen molar-refractivity contribution >= 4 is 23.3 Å². The van der Waals surface area contributed by atoms with Crippen molar-refractivity contribution in [3.63, 3.8) is 0 Å². The average Bonchev–Trinajstić information content (AvgIpc) is 3.38. The summed E-state index contributed by atoms with van der Waals surface area (Å²) in [5.41, 5.74) is 5.04. The van der Waals surface area contributed by atoms with Gasteiger partial charge >= 0.3 is 5.97 Å². The summed E-state index contributed by atoms with van der Waals surface area (Å²) < 4.78 is 0. The van der Waals surface area contributed by atoms with E-state index in [0.717, 1.165) is 36.8 Å². The Morgan fingerprint density at radius 2 is 1.37 bits per heavy atom. The van der Waals surface area contributed by atoms with Crippen LogP contribution in [-0.4, -0.2) is 22.8 Å². The van der Waals surface area contributed by atoms with Crippen LogP contribution in [0.2, 0.25) is 0 Å². The Labute approximate surface area is 206 Å². The summed E-state index contributed by atoms with van der Waals surface area (Å²) in [6, 6.07) is 22.6. The molecule has 2 N–H and O–H groups in total. The molecule has 0 aromatic heterocycles. The van der Waals surface area contributed by atoms with E-state index < -0.39 is 17.8 Å². The molecule has 1 aliphatic rings. The number of benzene rings is 3. The lowest BCUT2D eigenvalue weighted by Crippen LogP contribution is -2.25. The molecule has 5 heteroatoms. The molecule has 5 nitrogen and oxygen atoms in total. The van der Waals surface area contributed by atoms with Crippen molar-refractivity contribution in [2.45, 2.75) is 45.4 Å². The number of hydrogen-bond acceptors (Lipinski definition) is 3. The molecule has 2 atom stereocenters. The first-order valence-electron chi connectivity index (χ1n) is 12.3. The van der Waals surface area contributed by atoms with Gasteiger partial charge in [0, 0.05) is 22.7 Å². The number of aliphatic carboxylic acids is 1. The molecule has 3 aromatic carbocycles. The van der Waals surface area contributed by atoms with Gasteiger partial charge in [0.25, 0.3) is 5.91 Å². The zero-order chi connectivity index (χ0) is 24.8. The predicted molar refractivity (Wildman–Crippen MR) is 138 cm³/mol. The van der Waals surface area contributed by atoms with Crippen LogP contribution in [0.1, 0.15) is 65.3 Å². The minimum absolute atomic E-state index is 0.0853. The van der Waals surface area contributed by atoms with Crippen LogP contribution in [0.3, 0.4) is 0 Å². The molecule has 0 heterocycles. The van der Waals surface area contributed by atoms with E-state index in [9.17, 15) is 19.5 Å². The van der Waals surface area contributed by atoms with Gasteiger partial charge in [-0.25, -0.2) is 0 Å². The van der Waals surface area contributed by atoms with Gasteiger partial charge < -0.3 is 10.4 Å². The van der Waals surface area contributed by atoms with E-state index in [-0.39, 0.29) is 11.7 Å². The van der Waals surface area contributed by atoms with E-state index in [1.165, 1.54) is 5.56 Å². The van der Waals surface area contributed by atoms with Crippen LogP contribution in [-0.2, 0) is 11.2 Å². The first-order valence-corrected chi connectivity index (χ1v) is 12.3. The first-order chi connectivity index (χ1) is 17.0. The second-order valence-corrected chi connectivity index (χ2v) is 9.26. The highest BCUT2D eigenvalue weighted by Crippen LogP contribution is 2.35. The van der Waals surface area contributed by atoms with Crippen molar-refractivity contribution < 1.29 is 19.5 Å². The second-order valence-electron chi connectivity index (χ2n) is 9.26. The van der Waals surface area contributed by atoms with Crippen molar-refractivity contribution in [3.8, 4) is 11.1 Å². The van der Waals surface area contributed by atoms with Crippen LogP contribution >= 0.6 is 0 Å². The number of carbonyl (C=O) groups is 3. The Balaban J connectivity index is 1.38. The number of Topliss-reactive ketones (excluding diaryl/α,β-unsaturated/α-hetero) is 1. The topological polar surface area (TPSA) is 83.5 Å². The molecule has 4 rings (SSSR count). The SMILES string of the molecule is CCCCc1ccc(C(=O)Nc2ccc(-c3ccc(C(=O)C4CCCC4C(=O)O)cc3)cc2)cc1. The van der Waals surface area contributed by atoms with Gasteiger partial charge in [-0.2, -0.15) is 0 Å². The summed E-state index contributed by atoms with van der Waals surface area (Å²) in [5, 5.41) is 12.3. The first kappa shape index (κ1) is 24.4. The number of unbranched alkanes of at least 4 members (excludes halogenated alkanes) is 1. The molecule has 2 unspecified atom stereocenters. The highest BCUT2D eigenvalue weighted by Gasteiger charge is 2.37. The van der Waals surface area contributed by atoms with Crippen molar-refractivity contribution in [1.82, 2.24) is 0 Å². The molecule has 0 radical (unpaired) electrons. The standard InChI is InChI=1S/C30H31NO4/c1-2-3-5-20-8-10-24(11-9-20)29(33)31-25-18-16-22(17-19-25)21-12-14-23(15-13-21)28(32)26-6-4-7-27(26)30(34)35/h8-19,26-27H,2-7H2,1H3,(H,31,33)(H,34,35). The van der Waals surface area contributed by atoms with Gasteiger partial charge in [0.1, 0.15) is 0 Å². The molecule has 0 bridgehead atoms. The van der Waals surface area contributed by atoms with Gasteiger partial charge in [-0.05, 0) is 66.6 Å². The van der Waals surface area contributed by atoms with E-state index in [4.69, 9.17) is 0 Å². The third-order valence-corrected chi connectivity index (χ3v) is 6.85. The minimum Gasteiger partial charge on any atom is -0.481 e. The van der Waals surface area contributed by atoms with Gasteiger partial charge in [0.15, 0.2) is 5.78 Å². The molecule has 180 valence electrons. The van der Waals surface area contributed by atoms with Gasteiger partial charge in [-0.3, -0.25) is 14.4 Å². The monoisotopic (exact) mass is 469 g/mol.